The Balaban J connectivity index is 1.95. The number of rotatable bonds is 9. The van der Waals surface area contributed by atoms with Crippen molar-refractivity contribution in [2.45, 2.75) is 40.5 Å². The Morgan fingerprint density at radius 1 is 0.700 bits per heavy atom. The number of hydrogen-bond acceptors (Lipinski definition) is 4. The van der Waals surface area contributed by atoms with Crippen molar-refractivity contribution >= 4 is 24.2 Å². The number of nitrogens with zero attached hydrogens (tertiary/aromatic N) is 2. The highest BCUT2D eigenvalue weighted by molar-refractivity contribution is 5.95. The van der Waals surface area contributed by atoms with E-state index in [4.69, 9.17) is 0 Å². The van der Waals surface area contributed by atoms with Gasteiger partial charge < -0.3 is 0 Å². The van der Waals surface area contributed by atoms with Crippen molar-refractivity contribution in [3.8, 4) is 11.1 Å². The van der Waals surface area contributed by atoms with Crippen LogP contribution in [0.1, 0.15) is 61.3 Å². The first-order chi connectivity index (χ1) is 14.4. The summed E-state index contributed by atoms with van der Waals surface area (Å²) in [6, 6.07) is 14.5. The van der Waals surface area contributed by atoms with Crippen LogP contribution in [0.15, 0.2) is 58.7 Å². The highest BCUT2D eigenvalue weighted by atomic mass is 16.2. The van der Waals surface area contributed by atoms with Crippen LogP contribution < -0.4 is 10.9 Å². The van der Waals surface area contributed by atoms with E-state index in [1.807, 2.05) is 24.3 Å². The van der Waals surface area contributed by atoms with Gasteiger partial charge in [0.15, 0.2) is 0 Å². The zero-order valence-corrected chi connectivity index (χ0v) is 18.1. The molecule has 0 bridgehead atoms. The highest BCUT2D eigenvalue weighted by Crippen LogP contribution is 2.20. The third-order valence-corrected chi connectivity index (χ3v) is 4.30. The fraction of sp³-hybridized carbons (Fsp3) is 0.333. The van der Waals surface area contributed by atoms with Gasteiger partial charge in [0.05, 0.1) is 0 Å². The van der Waals surface area contributed by atoms with E-state index in [0.717, 1.165) is 24.0 Å². The van der Waals surface area contributed by atoms with Crippen molar-refractivity contribution < 1.29 is 9.59 Å². The molecule has 0 aliphatic carbocycles. The van der Waals surface area contributed by atoms with Crippen molar-refractivity contribution in [3.05, 3.63) is 59.7 Å². The summed E-state index contributed by atoms with van der Waals surface area (Å²) in [5.41, 5.74) is 8.06. The quantitative estimate of drug-likeness (QED) is 0.460. The predicted molar refractivity (Wildman–Crippen MR) is 123 cm³/mol. The molecule has 0 saturated carbocycles. The molecule has 0 atom stereocenters. The minimum atomic E-state index is -0.244. The van der Waals surface area contributed by atoms with E-state index in [-0.39, 0.29) is 11.8 Å². The Kier molecular flexibility index (Phi) is 8.94. The van der Waals surface area contributed by atoms with Gasteiger partial charge >= 0.3 is 0 Å². The molecular formula is C24H30N4O2. The lowest BCUT2D eigenvalue weighted by molar-refractivity contribution is 0.0947. The first-order valence-electron chi connectivity index (χ1n) is 10.2. The number of amides is 2. The second kappa shape index (κ2) is 11.7. The first kappa shape index (κ1) is 23.0. The Bertz CT molecular complexity index is 807. The molecule has 30 heavy (non-hydrogen) atoms. The summed E-state index contributed by atoms with van der Waals surface area (Å²) in [7, 11) is 0. The largest absolute Gasteiger partial charge is 0.271 e. The van der Waals surface area contributed by atoms with Gasteiger partial charge in [0.2, 0.25) is 0 Å². The Morgan fingerprint density at radius 3 is 1.33 bits per heavy atom. The van der Waals surface area contributed by atoms with Crippen molar-refractivity contribution in [1.29, 1.82) is 0 Å². The third kappa shape index (κ3) is 7.62. The van der Waals surface area contributed by atoms with E-state index in [1.165, 1.54) is 0 Å². The smallest absolute Gasteiger partial charge is 0.267 e. The van der Waals surface area contributed by atoms with Gasteiger partial charge in [-0.3, -0.25) is 9.59 Å². The molecule has 0 fully saturated rings. The zero-order valence-electron chi connectivity index (χ0n) is 18.1. The first-order valence-corrected chi connectivity index (χ1v) is 10.2. The van der Waals surface area contributed by atoms with Crippen LogP contribution in [0, 0.1) is 11.8 Å². The van der Waals surface area contributed by atoms with Gasteiger partial charge in [-0.25, -0.2) is 10.9 Å². The lowest BCUT2D eigenvalue weighted by atomic mass is 10.0. The average molecular weight is 407 g/mol. The average Bonchev–Trinajstić information content (AvgIpc) is 2.74. The topological polar surface area (TPSA) is 82.9 Å². The third-order valence-electron chi connectivity index (χ3n) is 4.30. The maximum absolute atomic E-state index is 12.1. The lowest BCUT2D eigenvalue weighted by Gasteiger charge is -2.06. The molecule has 0 unspecified atom stereocenters. The van der Waals surface area contributed by atoms with Crippen LogP contribution in [0.4, 0.5) is 0 Å². The normalized spacial score (nSPS) is 11.5. The Morgan fingerprint density at radius 2 is 1.03 bits per heavy atom. The molecule has 0 aliphatic heterocycles. The molecule has 0 heterocycles. The van der Waals surface area contributed by atoms with E-state index in [9.17, 15) is 9.59 Å². The number of nitrogens with one attached hydrogen (secondary N) is 2. The van der Waals surface area contributed by atoms with Crippen LogP contribution in [0.2, 0.25) is 0 Å². The lowest BCUT2D eigenvalue weighted by Crippen LogP contribution is -2.17. The molecule has 0 saturated heterocycles. The van der Waals surface area contributed by atoms with Gasteiger partial charge in [-0.1, -0.05) is 52.0 Å². The summed E-state index contributed by atoms with van der Waals surface area (Å²) in [5, 5.41) is 7.91. The zero-order chi connectivity index (χ0) is 21.9. The van der Waals surface area contributed by atoms with Gasteiger partial charge in [0.1, 0.15) is 0 Å². The number of benzene rings is 2. The van der Waals surface area contributed by atoms with Crippen molar-refractivity contribution in [2.75, 3.05) is 0 Å². The number of carbonyl (C=O) groups excluding carboxylic acids is 2. The molecule has 2 aromatic carbocycles. The van der Waals surface area contributed by atoms with E-state index < -0.39 is 0 Å². The second-order valence-electron chi connectivity index (χ2n) is 7.92. The maximum Gasteiger partial charge on any atom is 0.271 e. The van der Waals surface area contributed by atoms with E-state index in [2.05, 4.69) is 48.7 Å². The van der Waals surface area contributed by atoms with Gasteiger partial charge in [0.25, 0.3) is 11.8 Å². The standard InChI is InChI=1S/C24H30N4O2/c1-17(2)13-15-25-27-23(29)21-9-5-19(6-10-21)20-7-11-22(12-8-20)24(30)28-26-16-14-18(3)4/h5-12,15-18H,13-14H2,1-4H3,(H,27,29)(H,28,30)/b25-15+,26-16+. The van der Waals surface area contributed by atoms with Crippen molar-refractivity contribution in [2.24, 2.45) is 22.0 Å². The number of hydrogen-bond donors (Lipinski definition) is 2. The fourth-order valence-electron chi connectivity index (χ4n) is 2.49. The van der Waals surface area contributed by atoms with Gasteiger partial charge in [-0.2, -0.15) is 10.2 Å². The van der Waals surface area contributed by atoms with Crippen LogP contribution >= 0.6 is 0 Å². The summed E-state index contributed by atoms with van der Waals surface area (Å²) < 4.78 is 0. The van der Waals surface area contributed by atoms with E-state index in [1.54, 1.807) is 36.7 Å². The second-order valence-corrected chi connectivity index (χ2v) is 7.92. The van der Waals surface area contributed by atoms with Crippen molar-refractivity contribution in [1.82, 2.24) is 10.9 Å². The molecule has 158 valence electrons. The van der Waals surface area contributed by atoms with Crippen molar-refractivity contribution in [3.63, 3.8) is 0 Å². The van der Waals surface area contributed by atoms with E-state index >= 15 is 0 Å². The monoisotopic (exact) mass is 406 g/mol. The predicted octanol–water partition coefficient (Wildman–Crippen LogP) is 4.88. The molecule has 6 heteroatoms. The molecule has 2 aromatic rings. The van der Waals surface area contributed by atoms with Crippen LogP contribution in [0.25, 0.3) is 11.1 Å². The highest BCUT2D eigenvalue weighted by Gasteiger charge is 2.07. The number of carbonyl (C=O) groups is 2. The van der Waals surface area contributed by atoms with Crippen LogP contribution in [0.3, 0.4) is 0 Å². The summed E-state index contributed by atoms with van der Waals surface area (Å²) in [6.07, 6.45) is 5.06. The molecule has 2 N–H and O–H groups in total. The van der Waals surface area contributed by atoms with Crippen LogP contribution in [-0.2, 0) is 0 Å². The Hall–Kier alpha value is -3.28. The molecule has 0 aromatic heterocycles. The summed E-state index contributed by atoms with van der Waals surface area (Å²) in [6.45, 7) is 8.36. The van der Waals surface area contributed by atoms with Gasteiger partial charge in [0, 0.05) is 23.6 Å². The molecule has 2 amide bonds. The molecule has 0 aliphatic rings. The molecule has 0 spiro atoms. The SMILES string of the molecule is CC(C)C/C=N/NC(=O)c1ccc(-c2ccc(C(=O)N/N=C/CC(C)C)cc2)cc1. The summed E-state index contributed by atoms with van der Waals surface area (Å²) in [5.74, 6) is 0.512. The van der Waals surface area contributed by atoms with Crippen LogP contribution in [-0.4, -0.2) is 24.2 Å². The Labute approximate surface area is 178 Å². The maximum atomic E-state index is 12.1. The minimum Gasteiger partial charge on any atom is -0.267 e. The summed E-state index contributed by atoms with van der Waals surface area (Å²) in [4.78, 5) is 24.2. The fourth-order valence-corrected chi connectivity index (χ4v) is 2.49. The van der Waals surface area contributed by atoms with Gasteiger partial charge in [-0.05, 0) is 60.1 Å². The minimum absolute atomic E-state index is 0.244. The number of hydrazone groups is 2. The molecule has 0 radical (unpaired) electrons. The molecular weight excluding hydrogens is 376 g/mol. The molecule has 6 nitrogen and oxygen atoms in total. The summed E-state index contributed by atoms with van der Waals surface area (Å²) >= 11 is 0. The van der Waals surface area contributed by atoms with E-state index in [0.29, 0.717) is 23.0 Å². The van der Waals surface area contributed by atoms with Gasteiger partial charge in [-0.15, -0.1) is 0 Å². The molecule has 2 rings (SSSR count). The van der Waals surface area contributed by atoms with Crippen LogP contribution in [0.5, 0.6) is 0 Å².